The van der Waals surface area contributed by atoms with Crippen molar-refractivity contribution < 1.29 is 14.7 Å². The number of carbonyl (C=O) groups is 2. The van der Waals surface area contributed by atoms with Crippen LogP contribution in [0.15, 0.2) is 4.99 Å². The number of nitrogens with one attached hydrogen (secondary N) is 1. The van der Waals surface area contributed by atoms with Crippen LogP contribution < -0.4 is 5.32 Å². The zero-order chi connectivity index (χ0) is 9.56. The van der Waals surface area contributed by atoms with Crippen LogP contribution in [0.2, 0.25) is 0 Å². The van der Waals surface area contributed by atoms with Crippen molar-refractivity contribution in [3.63, 3.8) is 0 Å². The van der Waals surface area contributed by atoms with Gasteiger partial charge in [-0.15, -0.1) is 0 Å². The van der Waals surface area contributed by atoms with Gasteiger partial charge in [0.25, 0.3) is 5.91 Å². The van der Waals surface area contributed by atoms with Crippen molar-refractivity contribution in [2.45, 2.75) is 0 Å². The van der Waals surface area contributed by atoms with Crippen LogP contribution in [-0.4, -0.2) is 49.0 Å². The van der Waals surface area contributed by atoms with Crippen LogP contribution in [0, 0.1) is 0 Å². The molecule has 0 aliphatic carbocycles. The molecule has 0 unspecified atom stereocenters. The molecule has 12 heavy (non-hydrogen) atoms. The molecule has 0 fully saturated rings. The van der Waals surface area contributed by atoms with Gasteiger partial charge in [0.05, 0.1) is 6.34 Å². The van der Waals surface area contributed by atoms with Crippen molar-refractivity contribution >= 4 is 18.3 Å². The molecule has 6 heteroatoms. The van der Waals surface area contributed by atoms with E-state index in [1.807, 2.05) is 5.32 Å². The first-order valence-electron chi connectivity index (χ1n) is 3.22. The van der Waals surface area contributed by atoms with Gasteiger partial charge in [-0.05, 0) is 0 Å². The average molecular weight is 173 g/mol. The largest absolute Gasteiger partial charge is 0.465 e. The minimum absolute atomic E-state index is 0.292. The number of rotatable bonds is 3. The van der Waals surface area contributed by atoms with Crippen LogP contribution in [0.1, 0.15) is 0 Å². The van der Waals surface area contributed by atoms with E-state index >= 15 is 0 Å². The van der Waals surface area contributed by atoms with Gasteiger partial charge in [-0.3, -0.25) is 4.79 Å². The molecule has 2 N–H and O–H groups in total. The minimum Gasteiger partial charge on any atom is -0.465 e. The summed E-state index contributed by atoms with van der Waals surface area (Å²) in [6.07, 6.45) is 0.0784. The first-order valence-corrected chi connectivity index (χ1v) is 3.22. The maximum atomic E-state index is 10.7. The lowest BCUT2D eigenvalue weighted by atomic mass is 10.6. The summed E-state index contributed by atoms with van der Waals surface area (Å²) >= 11 is 0. The maximum Gasteiger partial charge on any atom is 0.405 e. The first kappa shape index (κ1) is 10.4. The average Bonchev–Trinajstić information content (AvgIpc) is 1.96. The quantitative estimate of drug-likeness (QED) is 0.439. The van der Waals surface area contributed by atoms with Crippen LogP contribution in [0.3, 0.4) is 0 Å². The predicted molar refractivity (Wildman–Crippen MR) is 43.2 cm³/mol. The molecule has 0 spiro atoms. The van der Waals surface area contributed by atoms with Crippen molar-refractivity contribution in [3.8, 4) is 0 Å². The summed E-state index contributed by atoms with van der Waals surface area (Å²) in [7, 11) is 3.42. The smallest absolute Gasteiger partial charge is 0.405 e. The van der Waals surface area contributed by atoms with Gasteiger partial charge < -0.3 is 15.3 Å². The number of carboxylic acid groups (broad SMARTS) is 1. The summed E-state index contributed by atoms with van der Waals surface area (Å²) in [6.45, 7) is -0.292. The molecule has 0 aromatic heterocycles. The van der Waals surface area contributed by atoms with Crippen LogP contribution in [0.25, 0.3) is 0 Å². The lowest BCUT2D eigenvalue weighted by molar-refractivity contribution is -0.116. The van der Waals surface area contributed by atoms with Gasteiger partial charge in [0.1, 0.15) is 6.54 Å². The summed E-state index contributed by atoms with van der Waals surface area (Å²) < 4.78 is 0. The second-order valence-corrected chi connectivity index (χ2v) is 2.26. The number of aliphatic imine (C=N–C) groups is 1. The van der Waals surface area contributed by atoms with Gasteiger partial charge in [0.15, 0.2) is 0 Å². The number of hydrogen-bond acceptors (Lipinski definition) is 2. The summed E-state index contributed by atoms with van der Waals surface area (Å²) in [5, 5.41) is 10.0. The van der Waals surface area contributed by atoms with Gasteiger partial charge in [-0.25, -0.2) is 9.79 Å². The van der Waals surface area contributed by atoms with E-state index in [1.165, 1.54) is 6.34 Å². The van der Waals surface area contributed by atoms with E-state index in [2.05, 4.69) is 4.99 Å². The van der Waals surface area contributed by atoms with Crippen LogP contribution >= 0.6 is 0 Å². The summed E-state index contributed by atoms with van der Waals surface area (Å²) in [6, 6.07) is 0. The van der Waals surface area contributed by atoms with Crippen molar-refractivity contribution in [1.82, 2.24) is 10.2 Å². The SMILES string of the molecule is CN(C)/C=N/C(=O)CNC(=O)O. The van der Waals surface area contributed by atoms with E-state index in [-0.39, 0.29) is 6.54 Å². The fourth-order valence-electron chi connectivity index (χ4n) is 0.377. The predicted octanol–water partition coefficient (Wildman–Crippen LogP) is -0.629. The minimum atomic E-state index is -1.23. The molecule has 0 saturated carbocycles. The molecule has 0 rings (SSSR count). The topological polar surface area (TPSA) is 82.0 Å². The molecule has 0 radical (unpaired) electrons. The highest BCUT2D eigenvalue weighted by Gasteiger charge is 1.99. The van der Waals surface area contributed by atoms with E-state index in [1.54, 1.807) is 19.0 Å². The van der Waals surface area contributed by atoms with E-state index in [9.17, 15) is 9.59 Å². The molecule has 68 valence electrons. The van der Waals surface area contributed by atoms with Crippen molar-refractivity contribution in [2.24, 2.45) is 4.99 Å². The van der Waals surface area contributed by atoms with Gasteiger partial charge in [0.2, 0.25) is 0 Å². The molecule has 6 nitrogen and oxygen atoms in total. The fraction of sp³-hybridized carbons (Fsp3) is 0.500. The number of carbonyl (C=O) groups excluding carboxylic acids is 1. The number of hydrogen-bond donors (Lipinski definition) is 2. The van der Waals surface area contributed by atoms with Crippen LogP contribution in [0.4, 0.5) is 4.79 Å². The highest BCUT2D eigenvalue weighted by Crippen LogP contribution is 1.73. The summed E-state index contributed by atoms with van der Waals surface area (Å²) in [5.74, 6) is -0.522. The normalized spacial score (nSPS) is 9.83. The Hall–Kier alpha value is -1.59. The van der Waals surface area contributed by atoms with Gasteiger partial charge in [-0.1, -0.05) is 0 Å². The molecule has 0 heterocycles. The molecule has 0 saturated heterocycles. The molecule has 0 aromatic carbocycles. The Bertz CT molecular complexity index is 200. The standard InChI is InChI=1S/C6H11N3O3/c1-9(2)4-8-5(10)3-7-6(11)12/h4,7H,3H2,1-2H3,(H,11,12)/b8-4+. The Morgan fingerprint density at radius 1 is 1.58 bits per heavy atom. The molecular weight excluding hydrogens is 162 g/mol. The second kappa shape index (κ2) is 5.11. The Labute approximate surface area is 69.9 Å². The molecule has 0 aliphatic rings. The zero-order valence-corrected chi connectivity index (χ0v) is 6.94. The highest BCUT2D eigenvalue weighted by atomic mass is 16.4. The Balaban J connectivity index is 3.67. The third-order valence-electron chi connectivity index (χ3n) is 0.824. The summed E-state index contributed by atoms with van der Waals surface area (Å²) in [5.41, 5.74) is 0. The molecule has 2 amide bonds. The van der Waals surface area contributed by atoms with E-state index in [4.69, 9.17) is 5.11 Å². The Kier molecular flexibility index (Phi) is 4.43. The molecule has 0 atom stereocenters. The monoisotopic (exact) mass is 173 g/mol. The van der Waals surface area contributed by atoms with Crippen molar-refractivity contribution in [3.05, 3.63) is 0 Å². The molecule has 0 bridgehead atoms. The third kappa shape index (κ3) is 6.53. The molecular formula is C6H11N3O3. The Morgan fingerprint density at radius 3 is 2.58 bits per heavy atom. The zero-order valence-electron chi connectivity index (χ0n) is 6.94. The van der Waals surface area contributed by atoms with Crippen LogP contribution in [-0.2, 0) is 4.79 Å². The molecule has 0 aromatic rings. The Morgan fingerprint density at radius 2 is 2.17 bits per heavy atom. The highest BCUT2D eigenvalue weighted by molar-refractivity contribution is 5.87. The van der Waals surface area contributed by atoms with Crippen molar-refractivity contribution in [1.29, 1.82) is 0 Å². The number of amides is 2. The lowest BCUT2D eigenvalue weighted by Crippen LogP contribution is -2.27. The third-order valence-corrected chi connectivity index (χ3v) is 0.824. The molecule has 0 aliphatic heterocycles. The van der Waals surface area contributed by atoms with Gasteiger partial charge in [0, 0.05) is 14.1 Å². The fourth-order valence-corrected chi connectivity index (χ4v) is 0.377. The summed E-state index contributed by atoms with van der Waals surface area (Å²) in [4.78, 5) is 25.6. The van der Waals surface area contributed by atoms with Gasteiger partial charge in [-0.2, -0.15) is 0 Å². The maximum absolute atomic E-state index is 10.7. The lowest BCUT2D eigenvalue weighted by Gasteiger charge is -2.01. The van der Waals surface area contributed by atoms with Crippen molar-refractivity contribution in [2.75, 3.05) is 20.6 Å². The van der Waals surface area contributed by atoms with Crippen LogP contribution in [0.5, 0.6) is 0 Å². The van der Waals surface area contributed by atoms with E-state index < -0.39 is 12.0 Å². The van der Waals surface area contributed by atoms with E-state index in [0.29, 0.717) is 0 Å². The van der Waals surface area contributed by atoms with Gasteiger partial charge >= 0.3 is 6.09 Å². The first-order chi connectivity index (χ1) is 5.52. The number of nitrogens with zero attached hydrogens (tertiary/aromatic N) is 2. The second-order valence-electron chi connectivity index (χ2n) is 2.26. The van der Waals surface area contributed by atoms with E-state index in [0.717, 1.165) is 0 Å².